The van der Waals surface area contributed by atoms with Gasteiger partial charge in [-0.3, -0.25) is 20.2 Å². The summed E-state index contributed by atoms with van der Waals surface area (Å²) >= 11 is 6.99. The van der Waals surface area contributed by atoms with Crippen molar-refractivity contribution >= 4 is 90.0 Å². The molecule has 5 heterocycles. The van der Waals surface area contributed by atoms with Gasteiger partial charge in [0.05, 0.1) is 9.85 Å². The zero-order valence-corrected chi connectivity index (χ0v) is 67.8. The van der Waals surface area contributed by atoms with E-state index in [1.807, 2.05) is 110 Å². The molecule has 5 saturated heterocycles. The first-order valence-electron chi connectivity index (χ1n) is 35.6. The molecular weight excluding hydrogens is 1540 g/mol. The van der Waals surface area contributed by atoms with Crippen LogP contribution in [0, 0.1) is 70.8 Å². The fourth-order valence-corrected chi connectivity index (χ4v) is 13.1. The third kappa shape index (κ3) is 30.1. The third-order valence-electron chi connectivity index (χ3n) is 17.9. The number of nitrogen functional groups attached to an aromatic ring is 1. The van der Waals surface area contributed by atoms with Crippen LogP contribution in [-0.4, -0.2) is 174 Å². The van der Waals surface area contributed by atoms with Crippen molar-refractivity contribution in [2.75, 3.05) is 156 Å². The molecule has 0 bridgehead atoms. The van der Waals surface area contributed by atoms with E-state index in [0.717, 1.165) is 152 Å². The number of piperazine rings is 5. The van der Waals surface area contributed by atoms with Crippen LogP contribution in [0.15, 0.2) is 196 Å². The average molecular weight is 1640 g/mol. The van der Waals surface area contributed by atoms with E-state index in [-0.39, 0.29) is 67.2 Å². The van der Waals surface area contributed by atoms with Crippen molar-refractivity contribution in [2.24, 2.45) is 5.34 Å². The van der Waals surface area contributed by atoms with E-state index in [2.05, 4.69) is 131 Å². The summed E-state index contributed by atoms with van der Waals surface area (Å²) < 4.78 is 30.8. The number of nitrogens with zero attached hydrogens (tertiary/aromatic N) is 10. The van der Waals surface area contributed by atoms with Crippen molar-refractivity contribution in [1.29, 1.82) is 0 Å². The largest absolute Gasteiger partial charge is 1.00 e. The molecule has 109 heavy (non-hydrogen) atoms. The molecule has 5 aliphatic heterocycles. The monoisotopic (exact) mass is 1630 g/mol. The quantitative estimate of drug-likeness (QED) is 0.0221. The van der Waals surface area contributed by atoms with Gasteiger partial charge < -0.3 is 80.3 Å². The van der Waals surface area contributed by atoms with Crippen LogP contribution in [0.3, 0.4) is 0 Å². The second-order valence-electron chi connectivity index (χ2n) is 25.7. The molecule has 5 N–H and O–H groups in total. The van der Waals surface area contributed by atoms with Crippen LogP contribution in [0.25, 0.3) is 0 Å². The van der Waals surface area contributed by atoms with Crippen molar-refractivity contribution in [3.05, 3.63) is 272 Å². The van der Waals surface area contributed by atoms with Crippen molar-refractivity contribution in [2.45, 2.75) is 54.4 Å². The fourth-order valence-electron chi connectivity index (χ4n) is 12.2. The van der Waals surface area contributed by atoms with E-state index in [9.17, 15) is 39.0 Å². The maximum atomic E-state index is 12.5. The van der Waals surface area contributed by atoms with Gasteiger partial charge in [-0.15, -0.1) is 5.34 Å². The Bertz CT molecular complexity index is 4080. The Balaban J connectivity index is 0.000000239. The van der Waals surface area contributed by atoms with Gasteiger partial charge in [-0.1, -0.05) is 123 Å². The number of rotatable bonds is 12. The van der Waals surface area contributed by atoms with Gasteiger partial charge in [-0.05, 0) is 146 Å². The zero-order chi connectivity index (χ0) is 77.7. The molecule has 8 aromatic rings. The number of hydrogen-bond donors (Lipinski definition) is 4. The van der Waals surface area contributed by atoms with E-state index < -0.39 is 15.7 Å². The van der Waals surface area contributed by atoms with Gasteiger partial charge >= 0.3 is 47.8 Å². The molecule has 26 nitrogen and oxygen atoms in total. The van der Waals surface area contributed by atoms with Crippen LogP contribution in [0.4, 0.5) is 58.6 Å². The minimum Gasteiger partial charge on any atom is -0.445 e. The van der Waals surface area contributed by atoms with Gasteiger partial charge in [0.1, 0.15) is 25.6 Å². The number of hydrogen-bond acceptors (Lipinski definition) is 21. The molecule has 0 spiro atoms. The number of nitro benzene ring substituents is 2. The second-order valence-corrected chi connectivity index (χ2v) is 27.5. The standard InChI is InChI=1S/C19H21BrN2O2.C19H21N3O4.C12H16N2O2.C11H15BrN2.C11H17N3.C7H6FNO2.HNO2.Na.H2/c1-15-13-17(20)7-8-18(15)21-9-11-22(12-10-21)19(23)24-14-16-5-3-2-4-6-16;1-15-13-17(22(24)25)7-8-18(15)20-9-11-21(12-10-20)19(23)26-14-16-5-3-2-4-6-16;15-12(14-8-6-13-7-9-14)16-10-11-4-2-1-3-5-11;2*1-9-8-10(12)2-3-11(9)14-6-4-13-5-7-14;1-5-4-6(9(10)11)2-3-7(5)8;2-1-3;;/h2-8,13H,9-12,14H2,1H3;2-8,13H,9-12,14H2,1H3;1-5,13H,6-10H2;2-3,8,13H,4-7H2,1H3;2-3,8,13H,4-7,12H2,1H3;2-4H,1H3;(H,2,3);;1H/q;;;;;;;+1;/p-1. The SMILES string of the molecule is Cc1cc(Br)ccc1N1CCN(C(=O)OCc2ccccc2)CC1.Cc1cc(Br)ccc1N1CCNCC1.Cc1cc(N)ccc1N1CCNCC1.Cc1cc([N+](=O)[O-])ccc1F.Cc1cc([N+](=O)[O-])ccc1N1CCN(C(=O)OCc2ccccc2)CC1.O=C(OCc1ccccc1)N1CCNCC1.O=N[O-].[HH].[Na+]. The number of non-ortho nitro benzene ring substituents is 2. The normalized spacial score (nSPS) is 14.4. The number of ether oxygens (including phenoxy) is 3. The number of nitrogens with one attached hydrogen (secondary N) is 3. The number of amides is 3. The molecule has 0 radical (unpaired) electrons. The first-order valence-corrected chi connectivity index (χ1v) is 37.2. The van der Waals surface area contributed by atoms with Crippen molar-refractivity contribution in [3.8, 4) is 0 Å². The van der Waals surface area contributed by atoms with E-state index in [1.165, 1.54) is 52.8 Å². The molecule has 5 fully saturated rings. The van der Waals surface area contributed by atoms with Crippen molar-refractivity contribution < 1.29 is 73.8 Å². The Hall–Kier alpha value is -9.46. The number of halogens is 3. The summed E-state index contributed by atoms with van der Waals surface area (Å²) in [4.78, 5) is 78.7. The maximum absolute atomic E-state index is 12.5. The molecule has 0 aliphatic carbocycles. The van der Waals surface area contributed by atoms with E-state index in [4.69, 9.17) is 30.1 Å². The van der Waals surface area contributed by atoms with Crippen LogP contribution in [0.5, 0.6) is 0 Å². The fraction of sp³-hybridized carbons (Fsp3) is 0.354. The minimum atomic E-state index is -0.549. The van der Waals surface area contributed by atoms with Crippen LogP contribution >= 0.6 is 31.9 Å². The summed E-state index contributed by atoms with van der Waals surface area (Å²) in [5.74, 6) is -0.421. The Morgan fingerprint density at radius 3 is 1.04 bits per heavy atom. The predicted octanol–water partition coefficient (Wildman–Crippen LogP) is 11.5. The smallest absolute Gasteiger partial charge is 0.445 e. The Morgan fingerprint density at radius 2 is 0.716 bits per heavy atom. The first kappa shape index (κ1) is 88.4. The molecule has 0 atom stereocenters. The number of carbonyl (C=O) groups excluding carboxylic acids is 3. The number of nitro groups is 2. The average Bonchev–Trinajstić information content (AvgIpc) is 0.832. The Kier molecular flexibility index (Phi) is 38.5. The van der Waals surface area contributed by atoms with Crippen LogP contribution in [-0.2, 0) is 34.0 Å². The molecule has 8 aromatic carbocycles. The summed E-state index contributed by atoms with van der Waals surface area (Å²) in [6, 6.07) is 56.3. The molecule has 0 saturated carbocycles. The third-order valence-corrected chi connectivity index (χ3v) is 18.9. The molecule has 578 valence electrons. The second kappa shape index (κ2) is 47.5. The van der Waals surface area contributed by atoms with Gasteiger partial charge in [0.25, 0.3) is 11.4 Å². The number of carbonyl (C=O) groups is 3. The predicted molar refractivity (Wildman–Crippen MR) is 432 cm³/mol. The number of anilines is 5. The molecular formula is C79H98Br2FN14NaO12. The van der Waals surface area contributed by atoms with Gasteiger partial charge in [-0.2, -0.15) is 0 Å². The molecule has 30 heteroatoms. The van der Waals surface area contributed by atoms with Crippen LogP contribution in [0.2, 0.25) is 0 Å². The summed E-state index contributed by atoms with van der Waals surface area (Å²) in [6.07, 6.45) is -0.759. The van der Waals surface area contributed by atoms with E-state index in [1.54, 1.807) is 26.8 Å². The Morgan fingerprint density at radius 1 is 0.431 bits per heavy atom. The molecule has 5 aliphatic rings. The zero-order valence-electron chi connectivity index (χ0n) is 62.7. The molecule has 0 unspecified atom stereocenters. The van der Waals surface area contributed by atoms with Gasteiger partial charge in [0.2, 0.25) is 0 Å². The number of nitrogens with two attached hydrogens (primary N) is 1. The summed E-state index contributed by atoms with van der Waals surface area (Å²) in [5.41, 5.74) is 19.5. The van der Waals surface area contributed by atoms with Gasteiger partial charge in [0, 0.05) is 194 Å². The van der Waals surface area contributed by atoms with Crippen molar-refractivity contribution in [1.82, 2.24) is 30.7 Å². The first-order chi connectivity index (χ1) is 52.1. The molecule has 3 amide bonds. The van der Waals surface area contributed by atoms with Gasteiger partial charge in [0.15, 0.2) is 0 Å². The summed E-state index contributed by atoms with van der Waals surface area (Å²) in [7, 11) is 0. The van der Waals surface area contributed by atoms with E-state index >= 15 is 0 Å². The summed E-state index contributed by atoms with van der Waals surface area (Å²) in [5, 5.41) is 39.9. The minimum absolute atomic E-state index is 0. The number of benzene rings is 8. The maximum Gasteiger partial charge on any atom is 1.00 e. The van der Waals surface area contributed by atoms with Crippen LogP contribution in [0.1, 0.15) is 45.9 Å². The summed E-state index contributed by atoms with van der Waals surface area (Å²) in [6.45, 7) is 28.0. The Labute approximate surface area is 677 Å². The van der Waals surface area contributed by atoms with Crippen molar-refractivity contribution in [3.63, 3.8) is 0 Å². The topological polar surface area (TPSA) is 302 Å². The molecule has 13 rings (SSSR count). The van der Waals surface area contributed by atoms with E-state index in [0.29, 0.717) is 58.0 Å². The number of aryl methyl sites for hydroxylation is 5. The molecule has 0 aromatic heterocycles. The van der Waals surface area contributed by atoms with Gasteiger partial charge in [-0.25, -0.2) is 18.8 Å². The van der Waals surface area contributed by atoms with Crippen LogP contribution < -0.4 is 70.8 Å².